The van der Waals surface area contributed by atoms with Crippen LogP contribution in [0.5, 0.6) is 0 Å². The van der Waals surface area contributed by atoms with Crippen LogP contribution in [0.15, 0.2) is 30.5 Å². The predicted octanol–water partition coefficient (Wildman–Crippen LogP) is 3.78. The highest BCUT2D eigenvalue weighted by molar-refractivity contribution is 5.78. The quantitative estimate of drug-likeness (QED) is 0.636. The number of anilines is 1. The Morgan fingerprint density at radius 3 is 2.86 bits per heavy atom. The molecule has 102 valence electrons. The lowest BCUT2D eigenvalue weighted by molar-refractivity contribution is 0.634. The Bertz CT molecular complexity index is 805. The van der Waals surface area contributed by atoms with Crippen LogP contribution >= 0.6 is 0 Å². The Morgan fingerprint density at radius 2 is 2.14 bits per heavy atom. The molecule has 1 heterocycles. The van der Waals surface area contributed by atoms with E-state index in [0.717, 1.165) is 24.0 Å². The summed E-state index contributed by atoms with van der Waals surface area (Å²) in [5, 5.41) is 0. The zero-order chi connectivity index (χ0) is 14.8. The Hall–Kier alpha value is -2.85. The third kappa shape index (κ3) is 2.70. The van der Waals surface area contributed by atoms with E-state index in [4.69, 9.17) is 12.3 Å². The number of halogens is 1. The molecule has 1 aliphatic carbocycles. The van der Waals surface area contributed by atoms with Gasteiger partial charge in [-0.05, 0) is 36.6 Å². The number of nitrogens with two attached hydrogens (primary N) is 1. The van der Waals surface area contributed by atoms with Crippen LogP contribution < -0.4 is 5.73 Å². The SMILES string of the molecule is [C-]#[N+]c1cc(-c2ccnc(N)c2C#CC2CC2)ccc1F. The molecule has 0 unspecified atom stereocenters. The van der Waals surface area contributed by atoms with Gasteiger partial charge >= 0.3 is 0 Å². The van der Waals surface area contributed by atoms with Gasteiger partial charge in [0.15, 0.2) is 0 Å². The first-order valence-electron chi connectivity index (χ1n) is 6.62. The fourth-order valence-corrected chi connectivity index (χ4v) is 2.02. The van der Waals surface area contributed by atoms with E-state index in [1.165, 1.54) is 12.1 Å². The molecule has 4 heteroatoms. The molecule has 1 fully saturated rings. The molecule has 0 radical (unpaired) electrons. The molecular weight excluding hydrogens is 265 g/mol. The van der Waals surface area contributed by atoms with Crippen molar-refractivity contribution in [3.63, 3.8) is 0 Å². The van der Waals surface area contributed by atoms with Crippen molar-refractivity contribution >= 4 is 11.5 Å². The summed E-state index contributed by atoms with van der Waals surface area (Å²) in [6.07, 6.45) is 3.84. The normalized spacial score (nSPS) is 13.1. The van der Waals surface area contributed by atoms with Crippen LogP contribution in [0.3, 0.4) is 0 Å². The van der Waals surface area contributed by atoms with E-state index in [-0.39, 0.29) is 5.69 Å². The van der Waals surface area contributed by atoms with Crippen LogP contribution in [0.2, 0.25) is 0 Å². The number of nitrogens with zero attached hydrogens (tertiary/aromatic N) is 2. The van der Waals surface area contributed by atoms with Gasteiger partial charge in [0.2, 0.25) is 5.69 Å². The Labute approximate surface area is 122 Å². The van der Waals surface area contributed by atoms with Crippen LogP contribution in [0.25, 0.3) is 16.0 Å². The van der Waals surface area contributed by atoms with Gasteiger partial charge in [0.05, 0.1) is 12.1 Å². The lowest BCUT2D eigenvalue weighted by Crippen LogP contribution is -1.97. The van der Waals surface area contributed by atoms with Gasteiger partial charge in [-0.15, -0.1) is 0 Å². The molecule has 0 saturated heterocycles. The average molecular weight is 277 g/mol. The van der Waals surface area contributed by atoms with Crippen molar-refractivity contribution in [2.24, 2.45) is 5.92 Å². The lowest BCUT2D eigenvalue weighted by atomic mass is 10.0. The second-order valence-corrected chi connectivity index (χ2v) is 4.94. The molecule has 0 bridgehead atoms. The largest absolute Gasteiger partial charge is 0.383 e. The van der Waals surface area contributed by atoms with E-state index in [0.29, 0.717) is 17.3 Å². The van der Waals surface area contributed by atoms with Gasteiger partial charge in [-0.1, -0.05) is 17.9 Å². The van der Waals surface area contributed by atoms with Crippen molar-refractivity contribution < 1.29 is 4.39 Å². The van der Waals surface area contributed by atoms with Gasteiger partial charge in [0.25, 0.3) is 0 Å². The first kappa shape index (κ1) is 13.1. The fraction of sp³-hybridized carbons (Fsp3) is 0.176. The minimum absolute atomic E-state index is 0.0102. The summed E-state index contributed by atoms with van der Waals surface area (Å²) >= 11 is 0. The van der Waals surface area contributed by atoms with Gasteiger partial charge in [-0.2, -0.15) is 0 Å². The van der Waals surface area contributed by atoms with E-state index < -0.39 is 5.82 Å². The van der Waals surface area contributed by atoms with Gasteiger partial charge in [0, 0.05) is 17.7 Å². The van der Waals surface area contributed by atoms with Crippen LogP contribution in [0.4, 0.5) is 15.9 Å². The fourth-order valence-electron chi connectivity index (χ4n) is 2.02. The van der Waals surface area contributed by atoms with E-state index in [1.54, 1.807) is 18.3 Å². The van der Waals surface area contributed by atoms with E-state index in [2.05, 4.69) is 21.7 Å². The zero-order valence-corrected chi connectivity index (χ0v) is 11.2. The summed E-state index contributed by atoms with van der Waals surface area (Å²) in [7, 11) is 0. The maximum Gasteiger partial charge on any atom is 0.222 e. The highest BCUT2D eigenvalue weighted by Gasteiger charge is 2.18. The molecule has 2 aromatic rings. The molecule has 1 aromatic heterocycles. The molecule has 0 atom stereocenters. The van der Waals surface area contributed by atoms with Crippen molar-refractivity contribution in [1.29, 1.82) is 0 Å². The maximum absolute atomic E-state index is 13.4. The van der Waals surface area contributed by atoms with Crippen molar-refractivity contribution in [2.75, 3.05) is 5.73 Å². The second kappa shape index (κ2) is 5.26. The molecular formula is C17H12FN3. The molecule has 21 heavy (non-hydrogen) atoms. The van der Waals surface area contributed by atoms with E-state index in [9.17, 15) is 4.39 Å². The van der Waals surface area contributed by atoms with Crippen molar-refractivity contribution in [1.82, 2.24) is 4.98 Å². The Morgan fingerprint density at radius 1 is 1.33 bits per heavy atom. The first-order chi connectivity index (χ1) is 10.2. The summed E-state index contributed by atoms with van der Waals surface area (Å²) in [5.41, 5.74) is 8.05. The number of aromatic nitrogens is 1. The number of pyridine rings is 1. The van der Waals surface area contributed by atoms with E-state index >= 15 is 0 Å². The van der Waals surface area contributed by atoms with Gasteiger partial charge < -0.3 is 5.73 Å². The first-order valence-corrected chi connectivity index (χ1v) is 6.62. The summed E-state index contributed by atoms with van der Waals surface area (Å²) < 4.78 is 13.4. The van der Waals surface area contributed by atoms with Gasteiger partial charge in [-0.25, -0.2) is 14.2 Å². The predicted molar refractivity (Wildman–Crippen MR) is 79.9 cm³/mol. The molecule has 3 nitrogen and oxygen atoms in total. The van der Waals surface area contributed by atoms with Crippen LogP contribution in [0, 0.1) is 30.1 Å². The minimum atomic E-state index is -0.526. The van der Waals surface area contributed by atoms with E-state index in [1.807, 2.05) is 0 Å². The highest BCUT2D eigenvalue weighted by Crippen LogP contribution is 2.31. The highest BCUT2D eigenvalue weighted by atomic mass is 19.1. The number of rotatable bonds is 1. The molecule has 3 rings (SSSR count). The van der Waals surface area contributed by atoms with Crippen LogP contribution in [-0.4, -0.2) is 4.98 Å². The van der Waals surface area contributed by atoms with Crippen LogP contribution in [0.1, 0.15) is 18.4 Å². The molecule has 1 aromatic carbocycles. The lowest BCUT2D eigenvalue weighted by Gasteiger charge is -2.08. The molecule has 0 aliphatic heterocycles. The maximum atomic E-state index is 13.4. The van der Waals surface area contributed by atoms with Crippen molar-refractivity contribution in [3.8, 4) is 23.0 Å². The zero-order valence-electron chi connectivity index (χ0n) is 11.2. The number of nitrogen functional groups attached to an aromatic ring is 1. The molecule has 0 amide bonds. The van der Waals surface area contributed by atoms with Gasteiger partial charge in [-0.3, -0.25) is 0 Å². The number of benzene rings is 1. The van der Waals surface area contributed by atoms with Gasteiger partial charge in [0.1, 0.15) is 11.6 Å². The Kier molecular flexibility index (Phi) is 3.30. The molecule has 0 spiro atoms. The topological polar surface area (TPSA) is 43.3 Å². The Balaban J connectivity index is 2.12. The van der Waals surface area contributed by atoms with Crippen LogP contribution in [-0.2, 0) is 0 Å². The standard InChI is InChI=1S/C17H12FN3/c1-20-16-10-12(5-7-15(16)18)13-8-9-21-17(19)14(13)6-4-11-2-3-11/h5,7-11H,2-3H2,(H2,19,21). The summed E-state index contributed by atoms with van der Waals surface area (Å²) in [6.45, 7) is 7.01. The van der Waals surface area contributed by atoms with Crippen molar-refractivity contribution in [2.45, 2.75) is 12.8 Å². The number of hydrogen-bond acceptors (Lipinski definition) is 2. The minimum Gasteiger partial charge on any atom is -0.383 e. The number of hydrogen-bond donors (Lipinski definition) is 1. The average Bonchev–Trinajstić information content (AvgIpc) is 3.30. The monoisotopic (exact) mass is 277 g/mol. The second-order valence-electron chi connectivity index (χ2n) is 4.94. The molecule has 1 aliphatic rings. The summed E-state index contributed by atoms with van der Waals surface area (Å²) in [6, 6.07) is 6.21. The van der Waals surface area contributed by atoms with Crippen molar-refractivity contribution in [3.05, 3.63) is 53.3 Å². The molecule has 1 saturated carbocycles. The summed E-state index contributed by atoms with van der Waals surface area (Å²) in [4.78, 5) is 7.25. The summed E-state index contributed by atoms with van der Waals surface area (Å²) in [5.74, 6) is 6.52. The smallest absolute Gasteiger partial charge is 0.222 e. The third-order valence-electron chi connectivity index (χ3n) is 3.34. The third-order valence-corrected chi connectivity index (χ3v) is 3.34. The molecule has 2 N–H and O–H groups in total.